The molecular formula is C22H26N2O3. The molecule has 2 aromatic carbocycles. The van der Waals surface area contributed by atoms with Crippen molar-refractivity contribution in [3.8, 4) is 5.75 Å². The third-order valence-corrected chi connectivity index (χ3v) is 5.84. The molecule has 4 rings (SSSR count). The minimum atomic E-state index is -0.373. The van der Waals surface area contributed by atoms with Gasteiger partial charge in [0.1, 0.15) is 5.75 Å². The van der Waals surface area contributed by atoms with Crippen molar-refractivity contribution in [1.82, 2.24) is 4.90 Å². The third kappa shape index (κ3) is 3.22. The molecular weight excluding hydrogens is 340 g/mol. The summed E-state index contributed by atoms with van der Waals surface area (Å²) < 4.78 is 5.56. The largest absolute Gasteiger partial charge is 0.494 e. The maximum Gasteiger partial charge on any atom is 0.235 e. The summed E-state index contributed by atoms with van der Waals surface area (Å²) in [4.78, 5) is 15.1. The van der Waals surface area contributed by atoms with Crippen molar-refractivity contribution in [3.63, 3.8) is 0 Å². The van der Waals surface area contributed by atoms with Gasteiger partial charge in [-0.1, -0.05) is 24.3 Å². The van der Waals surface area contributed by atoms with E-state index in [1.54, 1.807) is 0 Å². The molecule has 0 aliphatic carbocycles. The number of hydrogen-bond donors (Lipinski definition) is 2. The molecule has 1 spiro atoms. The summed E-state index contributed by atoms with van der Waals surface area (Å²) in [6.07, 6.45) is 1.67. The first-order valence-electron chi connectivity index (χ1n) is 9.65. The van der Waals surface area contributed by atoms with Crippen LogP contribution in [0.4, 0.5) is 5.69 Å². The fraction of sp³-hybridized carbons (Fsp3) is 0.409. The van der Waals surface area contributed by atoms with Gasteiger partial charge in [0.15, 0.2) is 0 Å². The number of benzene rings is 2. The van der Waals surface area contributed by atoms with Crippen molar-refractivity contribution in [3.05, 3.63) is 59.2 Å². The Labute approximate surface area is 160 Å². The van der Waals surface area contributed by atoms with Crippen LogP contribution >= 0.6 is 0 Å². The SMILES string of the molecule is CCOc1ccc(CN2CCC3(CC2)C(=O)Nc2ccccc23)cc1CO. The maximum absolute atomic E-state index is 12.7. The van der Waals surface area contributed by atoms with E-state index in [-0.39, 0.29) is 17.9 Å². The Morgan fingerprint density at radius 3 is 2.70 bits per heavy atom. The Morgan fingerprint density at radius 1 is 1.19 bits per heavy atom. The summed E-state index contributed by atoms with van der Waals surface area (Å²) in [5.41, 5.74) is 3.73. The number of fused-ring (bicyclic) bond motifs is 2. The predicted octanol–water partition coefficient (Wildman–Crippen LogP) is 3.06. The van der Waals surface area contributed by atoms with Gasteiger partial charge in [0.05, 0.1) is 18.6 Å². The average Bonchev–Trinajstić information content (AvgIpc) is 2.96. The number of nitrogens with one attached hydrogen (secondary N) is 1. The monoisotopic (exact) mass is 366 g/mol. The zero-order valence-corrected chi connectivity index (χ0v) is 15.7. The molecule has 142 valence electrons. The fourth-order valence-corrected chi connectivity index (χ4v) is 4.37. The average molecular weight is 366 g/mol. The van der Waals surface area contributed by atoms with E-state index in [9.17, 15) is 9.90 Å². The zero-order chi connectivity index (χ0) is 18.9. The molecule has 0 aromatic heterocycles. The molecule has 2 heterocycles. The number of ether oxygens (including phenoxy) is 1. The molecule has 1 saturated heterocycles. The standard InChI is InChI=1S/C22H26N2O3/c1-2-27-20-8-7-16(13-17(20)15-25)14-24-11-9-22(10-12-24)18-5-3-4-6-19(18)23-21(22)26/h3-8,13,25H,2,9-12,14-15H2,1H3,(H,23,26). The molecule has 27 heavy (non-hydrogen) atoms. The number of carbonyl (C=O) groups excluding carboxylic acids is 1. The second-order valence-electron chi connectivity index (χ2n) is 7.39. The number of piperidine rings is 1. The highest BCUT2D eigenvalue weighted by molar-refractivity contribution is 6.06. The van der Waals surface area contributed by atoms with Crippen LogP contribution in [-0.2, 0) is 23.4 Å². The van der Waals surface area contributed by atoms with Crippen LogP contribution in [0.1, 0.15) is 36.5 Å². The van der Waals surface area contributed by atoms with Gasteiger partial charge >= 0.3 is 0 Å². The van der Waals surface area contributed by atoms with Crippen LogP contribution in [-0.4, -0.2) is 35.6 Å². The van der Waals surface area contributed by atoms with Gasteiger partial charge in [-0.05, 0) is 62.2 Å². The molecule has 1 amide bonds. The summed E-state index contributed by atoms with van der Waals surface area (Å²) in [5.74, 6) is 0.896. The Morgan fingerprint density at radius 2 is 1.96 bits per heavy atom. The van der Waals surface area contributed by atoms with E-state index in [0.29, 0.717) is 6.61 Å². The van der Waals surface area contributed by atoms with Crippen molar-refractivity contribution in [2.75, 3.05) is 25.0 Å². The van der Waals surface area contributed by atoms with E-state index in [2.05, 4.69) is 22.3 Å². The van der Waals surface area contributed by atoms with E-state index < -0.39 is 0 Å². The number of para-hydroxylation sites is 1. The highest BCUT2D eigenvalue weighted by atomic mass is 16.5. The second kappa shape index (κ2) is 7.33. The maximum atomic E-state index is 12.7. The summed E-state index contributed by atoms with van der Waals surface area (Å²) in [6, 6.07) is 14.1. The fourth-order valence-electron chi connectivity index (χ4n) is 4.37. The molecule has 2 N–H and O–H groups in total. The van der Waals surface area contributed by atoms with E-state index in [1.165, 1.54) is 0 Å². The van der Waals surface area contributed by atoms with Gasteiger partial charge in [-0.15, -0.1) is 0 Å². The molecule has 0 atom stereocenters. The first-order valence-corrected chi connectivity index (χ1v) is 9.65. The van der Waals surface area contributed by atoms with Crippen LogP contribution in [0, 0.1) is 0 Å². The molecule has 5 nitrogen and oxygen atoms in total. The Kier molecular flexibility index (Phi) is 4.89. The van der Waals surface area contributed by atoms with Gasteiger partial charge < -0.3 is 15.2 Å². The third-order valence-electron chi connectivity index (χ3n) is 5.84. The van der Waals surface area contributed by atoms with E-state index in [4.69, 9.17) is 4.74 Å². The van der Waals surface area contributed by atoms with Gasteiger partial charge in [-0.3, -0.25) is 9.69 Å². The minimum Gasteiger partial charge on any atom is -0.494 e. The normalized spacial score (nSPS) is 18.4. The van der Waals surface area contributed by atoms with Crippen molar-refractivity contribution >= 4 is 11.6 Å². The van der Waals surface area contributed by atoms with E-state index in [0.717, 1.165) is 60.6 Å². The lowest BCUT2D eigenvalue weighted by Gasteiger charge is -2.38. The highest BCUT2D eigenvalue weighted by Gasteiger charge is 2.48. The van der Waals surface area contributed by atoms with Gasteiger partial charge in [0.2, 0.25) is 5.91 Å². The van der Waals surface area contributed by atoms with Crippen LogP contribution in [0.2, 0.25) is 0 Å². The van der Waals surface area contributed by atoms with Crippen LogP contribution in [0.15, 0.2) is 42.5 Å². The highest BCUT2D eigenvalue weighted by Crippen LogP contribution is 2.44. The number of hydrogen-bond acceptors (Lipinski definition) is 4. The number of likely N-dealkylation sites (tertiary alicyclic amines) is 1. The summed E-state index contributed by atoms with van der Waals surface area (Å²) in [7, 11) is 0. The number of carbonyl (C=O) groups is 1. The lowest BCUT2D eigenvalue weighted by molar-refractivity contribution is -0.122. The molecule has 2 aliphatic rings. The van der Waals surface area contributed by atoms with Crippen LogP contribution < -0.4 is 10.1 Å². The summed E-state index contributed by atoms with van der Waals surface area (Å²) in [5, 5.41) is 12.7. The molecule has 1 fully saturated rings. The molecule has 0 saturated carbocycles. The number of aliphatic hydroxyl groups is 1. The van der Waals surface area contributed by atoms with Crippen molar-refractivity contribution in [1.29, 1.82) is 0 Å². The minimum absolute atomic E-state index is 0.0246. The molecule has 2 aromatic rings. The van der Waals surface area contributed by atoms with Crippen molar-refractivity contribution in [2.24, 2.45) is 0 Å². The first kappa shape index (κ1) is 18.0. The first-order chi connectivity index (χ1) is 13.2. The van der Waals surface area contributed by atoms with Crippen molar-refractivity contribution < 1.29 is 14.6 Å². The number of anilines is 1. The Hall–Kier alpha value is -2.37. The topological polar surface area (TPSA) is 61.8 Å². The molecule has 2 aliphatic heterocycles. The van der Waals surface area contributed by atoms with Gasteiger partial charge in [-0.25, -0.2) is 0 Å². The van der Waals surface area contributed by atoms with Gasteiger partial charge in [0.25, 0.3) is 0 Å². The molecule has 0 bridgehead atoms. The number of nitrogens with zero attached hydrogens (tertiary/aromatic N) is 1. The van der Waals surface area contributed by atoms with Crippen LogP contribution in [0.5, 0.6) is 5.75 Å². The molecule has 0 radical (unpaired) electrons. The Balaban J connectivity index is 1.45. The van der Waals surface area contributed by atoms with Gasteiger partial charge in [-0.2, -0.15) is 0 Å². The van der Waals surface area contributed by atoms with Crippen LogP contribution in [0.25, 0.3) is 0 Å². The lowest BCUT2D eigenvalue weighted by Crippen LogP contribution is -2.46. The molecule has 0 unspecified atom stereocenters. The Bertz CT molecular complexity index is 841. The number of amides is 1. The quantitative estimate of drug-likeness (QED) is 0.854. The van der Waals surface area contributed by atoms with Crippen molar-refractivity contribution in [2.45, 2.75) is 38.3 Å². The predicted molar refractivity (Wildman–Crippen MR) is 105 cm³/mol. The zero-order valence-electron chi connectivity index (χ0n) is 15.7. The van der Waals surface area contributed by atoms with E-state index in [1.807, 2.05) is 37.3 Å². The smallest absolute Gasteiger partial charge is 0.235 e. The number of rotatable bonds is 5. The van der Waals surface area contributed by atoms with Gasteiger partial charge in [0, 0.05) is 17.8 Å². The summed E-state index contributed by atoms with van der Waals surface area (Å²) >= 11 is 0. The van der Waals surface area contributed by atoms with Crippen LogP contribution in [0.3, 0.4) is 0 Å². The number of aliphatic hydroxyl groups excluding tert-OH is 1. The summed E-state index contributed by atoms with van der Waals surface area (Å²) in [6.45, 7) is 5.08. The lowest BCUT2D eigenvalue weighted by atomic mass is 9.73. The second-order valence-corrected chi connectivity index (χ2v) is 7.39. The molecule has 5 heteroatoms. The van der Waals surface area contributed by atoms with E-state index >= 15 is 0 Å².